The first kappa shape index (κ1) is 7.70. The Hall–Kier alpha value is -1.56. The van der Waals surface area contributed by atoms with Crippen LogP contribution in [0.4, 0.5) is 0 Å². The van der Waals surface area contributed by atoms with Crippen LogP contribution in [-0.4, -0.2) is 0 Å². The second kappa shape index (κ2) is 2.33. The second-order valence-corrected chi connectivity index (χ2v) is 4.76. The molecule has 0 saturated carbocycles. The zero-order valence-electron chi connectivity index (χ0n) is 8.80. The van der Waals surface area contributed by atoms with E-state index in [1.165, 1.54) is 16.7 Å². The highest BCUT2D eigenvalue weighted by Crippen LogP contribution is 2.47. The molecule has 0 bridgehead atoms. The summed E-state index contributed by atoms with van der Waals surface area (Å²) in [6, 6.07) is 11.5. The van der Waals surface area contributed by atoms with Crippen LogP contribution in [0.15, 0.2) is 30.3 Å². The zero-order valence-corrected chi connectivity index (χ0v) is 8.80. The molecular formula is C15H12. The minimum atomic E-state index is 1.15. The molecule has 4 rings (SSSR count). The molecule has 0 heteroatoms. The van der Waals surface area contributed by atoms with E-state index in [9.17, 15) is 0 Å². The van der Waals surface area contributed by atoms with E-state index in [0.29, 0.717) is 0 Å². The van der Waals surface area contributed by atoms with Gasteiger partial charge in [0.25, 0.3) is 0 Å². The summed E-state index contributed by atoms with van der Waals surface area (Å²) in [6.07, 6.45) is 2.29. The van der Waals surface area contributed by atoms with Gasteiger partial charge in [0.1, 0.15) is 0 Å². The van der Waals surface area contributed by atoms with E-state index in [4.69, 9.17) is 0 Å². The molecule has 0 atom stereocenters. The fraction of sp³-hybridized carbons (Fsp3) is 0.200. The van der Waals surface area contributed by atoms with Crippen molar-refractivity contribution in [1.82, 2.24) is 0 Å². The number of hydrogen-bond acceptors (Lipinski definition) is 0. The molecule has 2 aliphatic carbocycles. The van der Waals surface area contributed by atoms with Gasteiger partial charge >= 0.3 is 0 Å². The minimum Gasteiger partial charge on any atom is -0.0617 e. The quantitative estimate of drug-likeness (QED) is 0.400. The molecule has 0 amide bonds. The molecule has 0 nitrogen and oxygen atoms in total. The maximum atomic E-state index is 2.36. The molecular weight excluding hydrogens is 180 g/mol. The standard InChI is InChI=1S/C15H12/c1-9-5-12-7-10-3-2-4-11-8-13(6-9)15(12)14(10)11/h2-6H,7-8H2,1H3. The molecule has 0 radical (unpaired) electrons. The number of rotatable bonds is 0. The normalized spacial score (nSPS) is 14.5. The Bertz CT molecular complexity index is 546. The van der Waals surface area contributed by atoms with Crippen molar-refractivity contribution >= 4 is 0 Å². The molecule has 0 heterocycles. The topological polar surface area (TPSA) is 0 Å². The van der Waals surface area contributed by atoms with Gasteiger partial charge in [-0.1, -0.05) is 35.9 Å². The first-order valence-corrected chi connectivity index (χ1v) is 5.56. The Labute approximate surface area is 89.6 Å². The van der Waals surface area contributed by atoms with Gasteiger partial charge in [0.15, 0.2) is 0 Å². The van der Waals surface area contributed by atoms with E-state index in [1.54, 1.807) is 22.3 Å². The van der Waals surface area contributed by atoms with Gasteiger partial charge in [0.05, 0.1) is 0 Å². The van der Waals surface area contributed by atoms with Gasteiger partial charge in [-0.25, -0.2) is 0 Å². The maximum absolute atomic E-state index is 2.36. The average molecular weight is 192 g/mol. The van der Waals surface area contributed by atoms with Gasteiger partial charge in [0.2, 0.25) is 0 Å². The molecule has 0 N–H and O–H groups in total. The second-order valence-electron chi connectivity index (χ2n) is 4.76. The van der Waals surface area contributed by atoms with Gasteiger partial charge in [-0.3, -0.25) is 0 Å². The third kappa shape index (κ3) is 0.829. The SMILES string of the molecule is Cc1cc2c3c(c1)Cc1cccc(c1-3)C2. The monoisotopic (exact) mass is 192 g/mol. The predicted molar refractivity (Wildman–Crippen MR) is 62.2 cm³/mol. The van der Waals surface area contributed by atoms with Crippen molar-refractivity contribution in [1.29, 1.82) is 0 Å². The van der Waals surface area contributed by atoms with Crippen molar-refractivity contribution in [3.8, 4) is 11.1 Å². The van der Waals surface area contributed by atoms with E-state index in [0.717, 1.165) is 12.8 Å². The smallest absolute Gasteiger partial charge is 0.00131 e. The van der Waals surface area contributed by atoms with Crippen LogP contribution >= 0.6 is 0 Å². The van der Waals surface area contributed by atoms with Crippen molar-refractivity contribution in [2.24, 2.45) is 0 Å². The van der Waals surface area contributed by atoms with Crippen molar-refractivity contribution < 1.29 is 0 Å². The summed E-state index contributed by atoms with van der Waals surface area (Å²) in [4.78, 5) is 0. The Morgan fingerprint density at radius 2 is 1.33 bits per heavy atom. The molecule has 0 spiro atoms. The summed E-state index contributed by atoms with van der Waals surface area (Å²) in [5, 5.41) is 0. The Morgan fingerprint density at radius 3 is 1.93 bits per heavy atom. The number of benzene rings is 2. The molecule has 2 aromatic rings. The van der Waals surface area contributed by atoms with Crippen LogP contribution in [0.1, 0.15) is 27.8 Å². The molecule has 72 valence electrons. The first-order chi connectivity index (χ1) is 7.33. The summed E-state index contributed by atoms with van der Waals surface area (Å²) < 4.78 is 0. The largest absolute Gasteiger partial charge is 0.0617 e. The Kier molecular flexibility index (Phi) is 1.19. The van der Waals surface area contributed by atoms with Crippen molar-refractivity contribution in [3.63, 3.8) is 0 Å². The first-order valence-electron chi connectivity index (χ1n) is 5.56. The fourth-order valence-electron chi connectivity index (χ4n) is 3.22. The predicted octanol–water partition coefficient (Wildman–Crippen LogP) is 3.47. The highest BCUT2D eigenvalue weighted by atomic mass is 14.3. The highest BCUT2D eigenvalue weighted by Gasteiger charge is 2.28. The van der Waals surface area contributed by atoms with Gasteiger partial charge in [-0.05, 0) is 53.1 Å². The molecule has 0 aliphatic heterocycles. The molecule has 2 aromatic carbocycles. The summed E-state index contributed by atoms with van der Waals surface area (Å²) in [5.41, 5.74) is 10.7. The van der Waals surface area contributed by atoms with Gasteiger partial charge in [-0.2, -0.15) is 0 Å². The van der Waals surface area contributed by atoms with Crippen LogP contribution in [0, 0.1) is 6.92 Å². The molecule has 0 fully saturated rings. The minimum absolute atomic E-state index is 1.15. The van der Waals surface area contributed by atoms with Crippen LogP contribution in [0.25, 0.3) is 11.1 Å². The van der Waals surface area contributed by atoms with Crippen LogP contribution in [0.5, 0.6) is 0 Å². The van der Waals surface area contributed by atoms with E-state index in [2.05, 4.69) is 37.3 Å². The van der Waals surface area contributed by atoms with Crippen molar-refractivity contribution in [2.45, 2.75) is 19.8 Å². The van der Waals surface area contributed by atoms with Crippen LogP contribution < -0.4 is 0 Å². The fourth-order valence-corrected chi connectivity index (χ4v) is 3.22. The van der Waals surface area contributed by atoms with E-state index < -0.39 is 0 Å². The average Bonchev–Trinajstić information content (AvgIpc) is 2.72. The Morgan fingerprint density at radius 1 is 0.800 bits per heavy atom. The summed E-state index contributed by atoms with van der Waals surface area (Å²) in [6.45, 7) is 2.21. The molecule has 0 unspecified atom stereocenters. The van der Waals surface area contributed by atoms with Crippen LogP contribution in [-0.2, 0) is 12.8 Å². The van der Waals surface area contributed by atoms with Gasteiger partial charge in [0, 0.05) is 0 Å². The van der Waals surface area contributed by atoms with E-state index in [1.807, 2.05) is 0 Å². The highest BCUT2D eigenvalue weighted by molar-refractivity contribution is 5.86. The summed E-state index contributed by atoms with van der Waals surface area (Å²) >= 11 is 0. The zero-order chi connectivity index (χ0) is 9.99. The third-order valence-electron chi connectivity index (χ3n) is 3.69. The number of aryl methyl sites for hydroxylation is 1. The van der Waals surface area contributed by atoms with Crippen LogP contribution in [0.2, 0.25) is 0 Å². The molecule has 15 heavy (non-hydrogen) atoms. The lowest BCUT2D eigenvalue weighted by Gasteiger charge is -2.04. The van der Waals surface area contributed by atoms with Crippen molar-refractivity contribution in [3.05, 3.63) is 58.1 Å². The van der Waals surface area contributed by atoms with E-state index in [-0.39, 0.29) is 0 Å². The molecule has 2 aliphatic rings. The lowest BCUT2D eigenvalue weighted by atomic mass is 10.0. The van der Waals surface area contributed by atoms with Crippen molar-refractivity contribution in [2.75, 3.05) is 0 Å². The lowest BCUT2D eigenvalue weighted by molar-refractivity contribution is 1.17. The van der Waals surface area contributed by atoms with Gasteiger partial charge in [-0.15, -0.1) is 0 Å². The van der Waals surface area contributed by atoms with E-state index >= 15 is 0 Å². The lowest BCUT2D eigenvalue weighted by Crippen LogP contribution is -1.89. The summed E-state index contributed by atoms with van der Waals surface area (Å²) in [5.74, 6) is 0. The van der Waals surface area contributed by atoms with Crippen LogP contribution in [0.3, 0.4) is 0 Å². The van der Waals surface area contributed by atoms with Gasteiger partial charge < -0.3 is 0 Å². The third-order valence-corrected chi connectivity index (χ3v) is 3.69. The molecule has 0 aromatic heterocycles. The maximum Gasteiger partial charge on any atom is -0.00131 e. The Balaban J connectivity index is 2.17. The number of hydrogen-bond donors (Lipinski definition) is 0. The molecule has 0 saturated heterocycles. The summed E-state index contributed by atoms with van der Waals surface area (Å²) in [7, 11) is 0.